The lowest BCUT2D eigenvalue weighted by Crippen LogP contribution is -2.23. The van der Waals surface area contributed by atoms with Crippen molar-refractivity contribution in [3.8, 4) is 0 Å². The smallest absolute Gasteiger partial charge is 0.341 e. The van der Waals surface area contributed by atoms with Gasteiger partial charge >= 0.3 is 5.97 Å². The number of benzene rings is 1. The summed E-state index contributed by atoms with van der Waals surface area (Å²) >= 11 is 3.42. The average Bonchev–Trinajstić information content (AvgIpc) is 3.21. The fourth-order valence-electron chi connectivity index (χ4n) is 2.75. The van der Waals surface area contributed by atoms with Crippen LogP contribution in [0.4, 0.5) is 0 Å². The number of pyridine rings is 1. The van der Waals surface area contributed by atoms with E-state index in [1.54, 1.807) is 12.1 Å². The number of carbonyl (C=O) groups is 1. The van der Waals surface area contributed by atoms with Crippen molar-refractivity contribution < 1.29 is 9.90 Å². The van der Waals surface area contributed by atoms with Gasteiger partial charge in [-0.15, -0.1) is 0 Å². The van der Waals surface area contributed by atoms with E-state index < -0.39 is 5.97 Å². The molecule has 0 amide bonds. The molecule has 0 spiro atoms. The van der Waals surface area contributed by atoms with Gasteiger partial charge in [0.05, 0.1) is 5.52 Å². The maximum atomic E-state index is 12.4. The van der Waals surface area contributed by atoms with Gasteiger partial charge in [-0.3, -0.25) is 4.79 Å². The molecule has 0 atom stereocenters. The van der Waals surface area contributed by atoms with Crippen LogP contribution in [0, 0.1) is 0 Å². The number of rotatable bonds is 3. The molecule has 3 rings (SSSR count). The molecule has 0 unspecified atom stereocenters. The third-order valence-electron chi connectivity index (χ3n) is 3.73. The Kier molecular flexibility index (Phi) is 3.17. The molecule has 0 aliphatic heterocycles. The Morgan fingerprint density at radius 3 is 2.70 bits per heavy atom. The first-order valence-corrected chi connectivity index (χ1v) is 7.43. The van der Waals surface area contributed by atoms with Gasteiger partial charge in [-0.05, 0) is 37.5 Å². The molecule has 1 aliphatic rings. The molecular weight excluding hydrogens is 322 g/mol. The van der Waals surface area contributed by atoms with Crippen LogP contribution in [0.2, 0.25) is 0 Å². The van der Waals surface area contributed by atoms with Crippen LogP contribution in [-0.2, 0) is 6.42 Å². The molecule has 20 heavy (non-hydrogen) atoms. The topological polar surface area (TPSA) is 59.3 Å². The third kappa shape index (κ3) is 1.97. The van der Waals surface area contributed by atoms with Crippen LogP contribution in [0.3, 0.4) is 0 Å². The maximum absolute atomic E-state index is 12.4. The number of carboxylic acids is 1. The molecule has 0 saturated heterocycles. The molecule has 104 valence electrons. The Bertz CT molecular complexity index is 775. The first-order chi connectivity index (χ1) is 9.54. The lowest BCUT2D eigenvalue weighted by molar-refractivity contribution is 0.0693. The van der Waals surface area contributed by atoms with Crippen LogP contribution >= 0.6 is 15.9 Å². The molecule has 0 radical (unpaired) electrons. The number of hydrogen-bond acceptors (Lipinski definition) is 2. The Labute approximate surface area is 124 Å². The van der Waals surface area contributed by atoms with E-state index in [-0.39, 0.29) is 11.0 Å². The second-order valence-electron chi connectivity index (χ2n) is 5.07. The summed E-state index contributed by atoms with van der Waals surface area (Å²) in [4.78, 5) is 23.9. The molecule has 4 nitrogen and oxygen atoms in total. The van der Waals surface area contributed by atoms with E-state index in [0.717, 1.165) is 22.8 Å². The first-order valence-electron chi connectivity index (χ1n) is 6.64. The molecule has 0 bridgehead atoms. The van der Waals surface area contributed by atoms with Crippen LogP contribution in [0.1, 0.15) is 41.9 Å². The van der Waals surface area contributed by atoms with Gasteiger partial charge in [0.15, 0.2) is 0 Å². The Balaban J connectivity index is 2.52. The van der Waals surface area contributed by atoms with Crippen molar-refractivity contribution in [1.82, 2.24) is 4.57 Å². The normalized spacial score (nSPS) is 14.7. The predicted molar refractivity (Wildman–Crippen MR) is 80.5 cm³/mol. The highest BCUT2D eigenvalue weighted by Gasteiger charge is 2.30. The van der Waals surface area contributed by atoms with Crippen LogP contribution in [0.15, 0.2) is 27.5 Å². The van der Waals surface area contributed by atoms with Crippen molar-refractivity contribution in [2.24, 2.45) is 0 Å². The van der Waals surface area contributed by atoms with Crippen molar-refractivity contribution in [3.63, 3.8) is 0 Å². The zero-order valence-electron chi connectivity index (χ0n) is 11.0. The first kappa shape index (κ1) is 13.4. The number of nitrogens with zero attached hydrogens (tertiary/aromatic N) is 1. The van der Waals surface area contributed by atoms with Gasteiger partial charge in [0.1, 0.15) is 5.56 Å². The minimum absolute atomic E-state index is 0.0748. The van der Waals surface area contributed by atoms with E-state index in [1.807, 2.05) is 17.6 Å². The second-order valence-corrected chi connectivity index (χ2v) is 5.99. The third-order valence-corrected chi connectivity index (χ3v) is 4.22. The standard InChI is InChI=1S/C15H14BrNO3/c1-2-11-13(15(19)20)14(18)10-6-3-8(16)7-12(10)17(11)9-4-5-9/h3,6-7,9H,2,4-5H2,1H3,(H,19,20). The summed E-state index contributed by atoms with van der Waals surface area (Å²) in [5, 5.41) is 9.88. The minimum Gasteiger partial charge on any atom is -0.477 e. The van der Waals surface area contributed by atoms with E-state index in [9.17, 15) is 14.7 Å². The molecule has 1 N–H and O–H groups in total. The molecule has 1 aromatic carbocycles. The summed E-state index contributed by atoms with van der Waals surface area (Å²) in [5.41, 5.74) is 1.01. The number of carboxylic acid groups (broad SMARTS) is 1. The number of hydrogen-bond donors (Lipinski definition) is 1. The predicted octanol–water partition coefficient (Wildman–Crippen LogP) is 3.36. The number of fused-ring (bicyclic) bond motifs is 1. The van der Waals surface area contributed by atoms with Crippen LogP contribution in [0.25, 0.3) is 10.9 Å². The number of aromatic carboxylic acids is 1. The molecule has 1 heterocycles. The highest BCUT2D eigenvalue weighted by atomic mass is 79.9. The largest absolute Gasteiger partial charge is 0.477 e. The van der Waals surface area contributed by atoms with Gasteiger partial charge in [0.2, 0.25) is 5.43 Å². The Morgan fingerprint density at radius 1 is 1.45 bits per heavy atom. The summed E-state index contributed by atoms with van der Waals surface area (Å²) in [6, 6.07) is 5.70. The maximum Gasteiger partial charge on any atom is 0.341 e. The SMILES string of the molecule is CCc1c(C(=O)O)c(=O)c2ccc(Br)cc2n1C1CC1. The van der Waals surface area contributed by atoms with Gasteiger partial charge in [0, 0.05) is 21.6 Å². The average molecular weight is 336 g/mol. The van der Waals surface area contributed by atoms with Gasteiger partial charge < -0.3 is 9.67 Å². The Hall–Kier alpha value is -1.62. The van der Waals surface area contributed by atoms with Crippen LogP contribution < -0.4 is 5.43 Å². The zero-order valence-corrected chi connectivity index (χ0v) is 12.6. The zero-order chi connectivity index (χ0) is 14.4. The van der Waals surface area contributed by atoms with Crippen molar-refractivity contribution >= 4 is 32.8 Å². The quantitative estimate of drug-likeness (QED) is 0.935. The van der Waals surface area contributed by atoms with E-state index in [0.29, 0.717) is 23.5 Å². The summed E-state index contributed by atoms with van der Waals surface area (Å²) < 4.78 is 2.94. The van der Waals surface area contributed by atoms with Crippen LogP contribution in [-0.4, -0.2) is 15.6 Å². The van der Waals surface area contributed by atoms with Gasteiger partial charge in [-0.2, -0.15) is 0 Å². The van der Waals surface area contributed by atoms with Gasteiger partial charge in [-0.1, -0.05) is 22.9 Å². The van der Waals surface area contributed by atoms with Crippen LogP contribution in [0.5, 0.6) is 0 Å². The van der Waals surface area contributed by atoms with Crippen molar-refractivity contribution in [3.05, 3.63) is 44.2 Å². The van der Waals surface area contributed by atoms with E-state index in [2.05, 4.69) is 15.9 Å². The summed E-state index contributed by atoms with van der Waals surface area (Å²) in [7, 11) is 0. The molecule has 1 aromatic heterocycles. The molecular formula is C15H14BrNO3. The lowest BCUT2D eigenvalue weighted by atomic mass is 10.1. The lowest BCUT2D eigenvalue weighted by Gasteiger charge is -2.18. The number of halogens is 1. The van der Waals surface area contributed by atoms with Crippen molar-refractivity contribution in [2.75, 3.05) is 0 Å². The van der Waals surface area contributed by atoms with Crippen molar-refractivity contribution in [2.45, 2.75) is 32.2 Å². The van der Waals surface area contributed by atoms with Gasteiger partial charge in [-0.25, -0.2) is 4.79 Å². The fourth-order valence-corrected chi connectivity index (χ4v) is 3.09. The summed E-state index contributed by atoms with van der Waals surface area (Å²) in [6.45, 7) is 1.89. The highest BCUT2D eigenvalue weighted by Crippen LogP contribution is 2.39. The Morgan fingerprint density at radius 2 is 2.15 bits per heavy atom. The minimum atomic E-state index is -1.13. The molecule has 1 saturated carbocycles. The molecule has 5 heteroatoms. The monoisotopic (exact) mass is 335 g/mol. The molecule has 2 aromatic rings. The number of aromatic nitrogens is 1. The van der Waals surface area contributed by atoms with Crippen molar-refractivity contribution in [1.29, 1.82) is 0 Å². The molecule has 1 aliphatic carbocycles. The second kappa shape index (κ2) is 4.74. The summed E-state index contributed by atoms with van der Waals surface area (Å²) in [6.07, 6.45) is 2.61. The highest BCUT2D eigenvalue weighted by molar-refractivity contribution is 9.10. The fraction of sp³-hybridized carbons (Fsp3) is 0.333. The molecule has 1 fully saturated rings. The van der Waals surface area contributed by atoms with E-state index in [1.165, 1.54) is 0 Å². The van der Waals surface area contributed by atoms with E-state index in [4.69, 9.17) is 0 Å². The van der Waals surface area contributed by atoms with Gasteiger partial charge in [0.25, 0.3) is 0 Å². The van der Waals surface area contributed by atoms with E-state index >= 15 is 0 Å². The summed E-state index contributed by atoms with van der Waals surface area (Å²) in [5.74, 6) is -1.13.